The first-order chi connectivity index (χ1) is 17.3. The van der Waals surface area contributed by atoms with E-state index in [1.54, 1.807) is 13.0 Å². The number of pyridine rings is 2. The minimum atomic E-state index is -0.757. The van der Waals surface area contributed by atoms with Crippen molar-refractivity contribution in [1.29, 1.82) is 0 Å². The van der Waals surface area contributed by atoms with Crippen LogP contribution in [0.1, 0.15) is 16.1 Å². The first-order valence-corrected chi connectivity index (χ1v) is 10.7. The zero-order valence-corrected chi connectivity index (χ0v) is 18.8. The van der Waals surface area contributed by atoms with Crippen LogP contribution in [-0.2, 0) is 0 Å². The summed E-state index contributed by atoms with van der Waals surface area (Å²) in [5.41, 5.74) is 6.48. The van der Waals surface area contributed by atoms with Gasteiger partial charge in [-0.2, -0.15) is 5.10 Å². The van der Waals surface area contributed by atoms with Crippen LogP contribution in [0.2, 0.25) is 0 Å². The van der Waals surface area contributed by atoms with Gasteiger partial charge in [-0.25, -0.2) is 13.8 Å². The average Bonchev–Trinajstić information content (AvgIpc) is 3.23. The second-order valence-electron chi connectivity index (χ2n) is 7.85. The second-order valence-corrected chi connectivity index (χ2v) is 7.85. The number of nitrogens with zero attached hydrogens (tertiary/aromatic N) is 3. The lowest BCUT2D eigenvalue weighted by Crippen LogP contribution is -2.29. The number of ether oxygens (including phenoxy) is 1. The predicted molar refractivity (Wildman–Crippen MR) is 129 cm³/mol. The number of aromatic nitrogens is 4. The Bertz CT molecular complexity index is 1680. The summed E-state index contributed by atoms with van der Waals surface area (Å²) in [6.45, 7) is 1.69. The lowest BCUT2D eigenvalue weighted by atomic mass is 10.2. The molecule has 0 spiro atoms. The number of aryl methyl sites for hydroxylation is 1. The van der Waals surface area contributed by atoms with Gasteiger partial charge in [0.25, 0.3) is 11.5 Å². The van der Waals surface area contributed by atoms with Crippen LogP contribution in [-0.4, -0.2) is 25.7 Å². The number of carbonyl (C=O) groups is 1. The molecule has 5 rings (SSSR count). The van der Waals surface area contributed by atoms with Gasteiger partial charge in [0, 0.05) is 35.4 Å². The summed E-state index contributed by atoms with van der Waals surface area (Å²) < 4.78 is 35.1. The Kier molecular flexibility index (Phi) is 5.65. The second kappa shape index (κ2) is 8.95. The van der Waals surface area contributed by atoms with Crippen molar-refractivity contribution in [2.24, 2.45) is 0 Å². The first kappa shape index (κ1) is 22.7. The normalized spacial score (nSPS) is 11.0. The SMILES string of the molecule is Cc1ccc(C(=O)Nc2ccc(Oc3ccnc4n[nH]c(N)c34)c(F)c2)c(=O)n1-c1ccc(F)cc1. The number of nitrogens with one attached hydrogen (secondary N) is 2. The number of H-pyrrole nitrogens is 1. The summed E-state index contributed by atoms with van der Waals surface area (Å²) in [5, 5.41) is 9.45. The summed E-state index contributed by atoms with van der Waals surface area (Å²) in [6, 6.07) is 13.6. The molecular formula is C25H18F2N6O3. The van der Waals surface area contributed by atoms with Gasteiger partial charge in [-0.3, -0.25) is 19.3 Å². The number of fused-ring (bicyclic) bond motifs is 1. The van der Waals surface area contributed by atoms with Gasteiger partial charge in [0.1, 0.15) is 28.3 Å². The minimum absolute atomic E-state index is 0.112. The minimum Gasteiger partial charge on any atom is -0.453 e. The Morgan fingerprint density at radius 1 is 1.06 bits per heavy atom. The number of anilines is 2. The van der Waals surface area contributed by atoms with E-state index in [0.717, 1.165) is 6.07 Å². The molecule has 3 aromatic heterocycles. The number of nitrogen functional groups attached to an aromatic ring is 1. The molecule has 11 heteroatoms. The molecular weight excluding hydrogens is 470 g/mol. The average molecular weight is 488 g/mol. The van der Waals surface area contributed by atoms with Crippen molar-refractivity contribution in [3.05, 3.63) is 100 Å². The molecule has 180 valence electrons. The number of hydrogen-bond acceptors (Lipinski definition) is 6. The zero-order valence-electron chi connectivity index (χ0n) is 18.8. The van der Waals surface area contributed by atoms with Crippen LogP contribution in [0.15, 0.2) is 71.7 Å². The van der Waals surface area contributed by atoms with Crippen molar-refractivity contribution in [3.63, 3.8) is 0 Å². The van der Waals surface area contributed by atoms with Gasteiger partial charge >= 0.3 is 0 Å². The van der Waals surface area contributed by atoms with Gasteiger partial charge in [0.15, 0.2) is 17.2 Å². The molecule has 36 heavy (non-hydrogen) atoms. The van der Waals surface area contributed by atoms with Crippen LogP contribution in [0.25, 0.3) is 16.7 Å². The van der Waals surface area contributed by atoms with Crippen molar-refractivity contribution in [3.8, 4) is 17.2 Å². The van der Waals surface area contributed by atoms with Crippen LogP contribution in [0.4, 0.5) is 20.3 Å². The maximum absolute atomic E-state index is 14.8. The predicted octanol–water partition coefficient (Wildman–Crippen LogP) is 4.32. The van der Waals surface area contributed by atoms with E-state index in [9.17, 15) is 18.4 Å². The molecule has 2 aromatic carbocycles. The Balaban J connectivity index is 1.40. The van der Waals surface area contributed by atoms with Gasteiger partial charge < -0.3 is 15.8 Å². The molecule has 0 aliphatic carbocycles. The maximum Gasteiger partial charge on any atom is 0.268 e. The lowest BCUT2D eigenvalue weighted by Gasteiger charge is -2.13. The summed E-state index contributed by atoms with van der Waals surface area (Å²) in [6.07, 6.45) is 1.45. The monoisotopic (exact) mass is 488 g/mol. The smallest absolute Gasteiger partial charge is 0.268 e. The Labute approximate surface area is 202 Å². The summed E-state index contributed by atoms with van der Waals surface area (Å²) in [4.78, 5) is 29.9. The molecule has 1 amide bonds. The molecule has 0 saturated carbocycles. The third kappa shape index (κ3) is 4.13. The number of hydrogen-bond donors (Lipinski definition) is 3. The highest BCUT2D eigenvalue weighted by Gasteiger charge is 2.17. The lowest BCUT2D eigenvalue weighted by molar-refractivity contribution is 0.102. The van der Waals surface area contributed by atoms with Crippen molar-refractivity contribution in [2.45, 2.75) is 6.92 Å². The highest BCUT2D eigenvalue weighted by molar-refractivity contribution is 6.04. The van der Waals surface area contributed by atoms with Crippen LogP contribution >= 0.6 is 0 Å². The van der Waals surface area contributed by atoms with Crippen LogP contribution < -0.4 is 21.3 Å². The maximum atomic E-state index is 14.8. The van der Waals surface area contributed by atoms with Gasteiger partial charge in [-0.15, -0.1) is 0 Å². The Morgan fingerprint density at radius 3 is 2.58 bits per heavy atom. The van der Waals surface area contributed by atoms with Crippen LogP contribution in [0.5, 0.6) is 11.5 Å². The molecule has 4 N–H and O–H groups in total. The fraction of sp³-hybridized carbons (Fsp3) is 0.0400. The molecule has 0 unspecified atom stereocenters. The summed E-state index contributed by atoms with van der Waals surface area (Å²) in [5.74, 6) is -1.58. The van der Waals surface area contributed by atoms with E-state index in [-0.39, 0.29) is 28.6 Å². The number of amides is 1. The third-order valence-electron chi connectivity index (χ3n) is 5.46. The van der Waals surface area contributed by atoms with Crippen molar-refractivity contribution in [1.82, 2.24) is 19.7 Å². The number of rotatable bonds is 5. The molecule has 0 saturated heterocycles. The first-order valence-electron chi connectivity index (χ1n) is 10.7. The standard InChI is InChI=1S/C25H18F2N6O3/c1-13-2-8-17(25(35)33(13)16-6-3-14(26)4-7-16)24(34)30-15-5-9-19(18(27)12-15)36-20-10-11-29-23-21(20)22(28)31-32-23/h2-12H,1H3,(H,30,34)(H3,28,29,31,32). The van der Waals surface area contributed by atoms with Crippen LogP contribution in [0, 0.1) is 18.6 Å². The molecule has 3 heterocycles. The molecule has 0 bridgehead atoms. The van der Waals surface area contributed by atoms with Crippen molar-refractivity contribution < 1.29 is 18.3 Å². The quantitative estimate of drug-likeness (QED) is 0.338. The van der Waals surface area contributed by atoms with E-state index in [2.05, 4.69) is 20.5 Å². The van der Waals surface area contributed by atoms with Crippen molar-refractivity contribution in [2.75, 3.05) is 11.1 Å². The number of carbonyl (C=O) groups excluding carboxylic acids is 1. The number of nitrogens with two attached hydrogens (primary N) is 1. The molecule has 5 aromatic rings. The Morgan fingerprint density at radius 2 is 1.83 bits per heavy atom. The molecule has 0 atom stereocenters. The molecule has 0 fully saturated rings. The van der Waals surface area contributed by atoms with E-state index >= 15 is 0 Å². The summed E-state index contributed by atoms with van der Waals surface area (Å²) in [7, 11) is 0. The fourth-order valence-corrected chi connectivity index (χ4v) is 3.72. The van der Waals surface area contributed by atoms with Gasteiger partial charge in [0.05, 0.1) is 0 Å². The number of halogens is 2. The molecule has 9 nitrogen and oxygen atoms in total. The largest absolute Gasteiger partial charge is 0.453 e. The van der Waals surface area contributed by atoms with E-state index in [4.69, 9.17) is 10.5 Å². The zero-order chi connectivity index (χ0) is 25.4. The number of benzene rings is 2. The van der Waals surface area contributed by atoms with Gasteiger partial charge in [0.2, 0.25) is 0 Å². The molecule has 0 aliphatic rings. The highest BCUT2D eigenvalue weighted by atomic mass is 19.1. The van der Waals surface area contributed by atoms with E-state index in [0.29, 0.717) is 22.4 Å². The summed E-state index contributed by atoms with van der Waals surface area (Å²) >= 11 is 0. The third-order valence-corrected chi connectivity index (χ3v) is 5.46. The highest BCUT2D eigenvalue weighted by Crippen LogP contribution is 2.33. The molecule has 0 aliphatic heterocycles. The van der Waals surface area contributed by atoms with E-state index in [1.807, 2.05) is 0 Å². The molecule has 0 radical (unpaired) electrons. The van der Waals surface area contributed by atoms with E-state index in [1.165, 1.54) is 59.3 Å². The van der Waals surface area contributed by atoms with Gasteiger partial charge in [-0.1, -0.05) is 0 Å². The van der Waals surface area contributed by atoms with Crippen molar-refractivity contribution >= 4 is 28.4 Å². The van der Waals surface area contributed by atoms with Gasteiger partial charge in [-0.05, 0) is 55.5 Å². The number of aromatic amines is 1. The van der Waals surface area contributed by atoms with Crippen LogP contribution in [0.3, 0.4) is 0 Å². The Hall–Kier alpha value is -5.06. The fourth-order valence-electron chi connectivity index (χ4n) is 3.72. The topological polar surface area (TPSA) is 128 Å². The van der Waals surface area contributed by atoms with E-state index < -0.39 is 23.1 Å².